The van der Waals surface area contributed by atoms with Gasteiger partial charge in [-0.15, -0.1) is 0 Å². The summed E-state index contributed by atoms with van der Waals surface area (Å²) in [4.78, 5) is 15.3. The van der Waals surface area contributed by atoms with Gasteiger partial charge in [-0.3, -0.25) is 9.80 Å². The molecule has 6 rings (SSSR count). The van der Waals surface area contributed by atoms with E-state index in [9.17, 15) is 17.7 Å². The van der Waals surface area contributed by atoms with E-state index < -0.39 is 19.9 Å². The molecule has 45 heavy (non-hydrogen) atoms. The Balaban J connectivity index is 1.12. The lowest BCUT2D eigenvalue weighted by Gasteiger charge is -2.49. The molecule has 0 saturated carbocycles. The van der Waals surface area contributed by atoms with Crippen LogP contribution in [0.4, 0.5) is 42.0 Å². The number of alkyl halides is 3. The highest BCUT2D eigenvalue weighted by atomic mass is 35.5. The summed E-state index contributed by atoms with van der Waals surface area (Å²) in [6, 6.07) is 11.9. The van der Waals surface area contributed by atoms with Crippen LogP contribution in [0.5, 0.6) is 5.75 Å². The molecule has 0 amide bonds. The molecule has 0 aliphatic carbocycles. The fourth-order valence-corrected chi connectivity index (χ4v) is 7.94. The van der Waals surface area contributed by atoms with Gasteiger partial charge < -0.3 is 24.8 Å². The van der Waals surface area contributed by atoms with Crippen LogP contribution in [0.15, 0.2) is 42.6 Å². The molecular formula is C31H38ClF3N7O2P. The van der Waals surface area contributed by atoms with E-state index >= 15 is 0 Å². The first kappa shape index (κ1) is 31.9. The molecule has 4 heterocycles. The first-order valence-electron chi connectivity index (χ1n) is 15.1. The zero-order valence-corrected chi connectivity index (χ0v) is 27.2. The van der Waals surface area contributed by atoms with Crippen LogP contribution in [0.1, 0.15) is 18.4 Å². The van der Waals surface area contributed by atoms with Crippen LogP contribution in [-0.2, 0) is 4.57 Å². The predicted octanol–water partition coefficient (Wildman–Crippen LogP) is 6.08. The maximum absolute atomic E-state index is 12.8. The highest BCUT2D eigenvalue weighted by Gasteiger charge is 2.38. The molecule has 9 nitrogen and oxygen atoms in total. The van der Waals surface area contributed by atoms with Crippen molar-refractivity contribution in [1.82, 2.24) is 19.8 Å². The summed E-state index contributed by atoms with van der Waals surface area (Å²) in [5.74, 6) is 1.52. The number of rotatable bonds is 7. The molecule has 2 aromatic carbocycles. The van der Waals surface area contributed by atoms with Gasteiger partial charge in [0, 0.05) is 42.7 Å². The van der Waals surface area contributed by atoms with Crippen LogP contribution in [-0.4, -0.2) is 97.2 Å². The highest BCUT2D eigenvalue weighted by Crippen LogP contribution is 2.42. The van der Waals surface area contributed by atoms with Crippen LogP contribution in [0.25, 0.3) is 0 Å². The van der Waals surface area contributed by atoms with Crippen molar-refractivity contribution in [2.45, 2.75) is 38.0 Å². The lowest BCUT2D eigenvalue weighted by molar-refractivity contribution is -0.149. The summed E-state index contributed by atoms with van der Waals surface area (Å²) in [7, 11) is -2.54. The smallest absolute Gasteiger partial charge is 0.401 e. The van der Waals surface area contributed by atoms with E-state index in [2.05, 4.69) is 37.3 Å². The number of piperidine rings is 1. The van der Waals surface area contributed by atoms with Gasteiger partial charge in [-0.05, 0) is 69.9 Å². The van der Waals surface area contributed by atoms with Crippen molar-refractivity contribution >= 4 is 52.9 Å². The molecule has 2 fully saturated rings. The Bertz CT molecular complexity index is 1600. The zero-order chi connectivity index (χ0) is 31.9. The van der Waals surface area contributed by atoms with E-state index in [0.29, 0.717) is 53.5 Å². The zero-order valence-electron chi connectivity index (χ0n) is 25.6. The number of halogens is 4. The van der Waals surface area contributed by atoms with Crippen LogP contribution >= 0.6 is 18.7 Å². The monoisotopic (exact) mass is 663 g/mol. The average Bonchev–Trinajstić information content (AvgIpc) is 2.97. The predicted molar refractivity (Wildman–Crippen MR) is 174 cm³/mol. The van der Waals surface area contributed by atoms with Crippen LogP contribution < -0.4 is 25.6 Å². The number of fused-ring (bicyclic) bond motifs is 3. The van der Waals surface area contributed by atoms with E-state index in [-0.39, 0.29) is 6.04 Å². The number of aromatic nitrogens is 2. The molecule has 14 heteroatoms. The highest BCUT2D eigenvalue weighted by molar-refractivity contribution is 7.70. The van der Waals surface area contributed by atoms with Crippen molar-refractivity contribution in [3.05, 3.63) is 53.2 Å². The quantitative estimate of drug-likeness (QED) is 0.292. The second kappa shape index (κ2) is 12.6. The summed E-state index contributed by atoms with van der Waals surface area (Å²) in [5, 5.41) is 7.55. The van der Waals surface area contributed by atoms with Gasteiger partial charge in [0.1, 0.15) is 24.5 Å². The molecule has 3 aliphatic heterocycles. The molecular weight excluding hydrogens is 626 g/mol. The fourth-order valence-electron chi connectivity index (χ4n) is 6.65. The molecule has 2 N–H and O–H groups in total. The second-order valence-electron chi connectivity index (χ2n) is 12.4. The molecule has 2 saturated heterocycles. The largest absolute Gasteiger partial charge is 0.489 e. The number of likely N-dealkylation sites (tertiary alicyclic amines) is 1. The van der Waals surface area contributed by atoms with Gasteiger partial charge in [0.25, 0.3) is 0 Å². The molecule has 242 valence electrons. The van der Waals surface area contributed by atoms with Crippen molar-refractivity contribution in [2.75, 3.05) is 74.7 Å². The van der Waals surface area contributed by atoms with Gasteiger partial charge in [0.05, 0.1) is 30.2 Å². The number of hydrogen-bond acceptors (Lipinski definition) is 9. The van der Waals surface area contributed by atoms with Gasteiger partial charge >= 0.3 is 6.18 Å². The first-order chi connectivity index (χ1) is 21.3. The van der Waals surface area contributed by atoms with E-state index in [4.69, 9.17) is 16.3 Å². The standard InChI is InChI=1S/C31H38ClF3N7O2P/c1-20-14-21(37-30-36-16-24(32)29(39-30)38-25-6-4-5-7-27(25)45(2,3)43)15-26-28(20)42-13-12-41(17-23(42)18-44-26)22-8-10-40(11-9-22)19-31(33,34)35/h4-7,14-16,22-23H,8-13,17-19H2,1-3H3,(H2,36,37,38,39)/t23-/m1/s1. The van der Waals surface area contributed by atoms with Crippen LogP contribution in [0.2, 0.25) is 5.02 Å². The third-order valence-corrected chi connectivity index (χ3v) is 10.5. The lowest BCUT2D eigenvalue weighted by atomic mass is 9.99. The SMILES string of the molecule is Cc1cc(Nc2ncc(Cl)c(Nc3ccccc3P(C)(C)=O)n2)cc2c1N1CCN(C3CCN(CC(F)(F)F)CC3)C[C@@H]1CO2. The topological polar surface area (TPSA) is 85.9 Å². The molecule has 3 aromatic rings. The van der Waals surface area contributed by atoms with Gasteiger partial charge in [-0.2, -0.15) is 18.2 Å². The molecule has 1 atom stereocenters. The number of piperazine rings is 1. The lowest BCUT2D eigenvalue weighted by Crippen LogP contribution is -2.60. The van der Waals surface area contributed by atoms with E-state index in [1.807, 2.05) is 36.4 Å². The van der Waals surface area contributed by atoms with Crippen molar-refractivity contribution in [1.29, 1.82) is 0 Å². The van der Waals surface area contributed by atoms with Gasteiger partial charge in [0.15, 0.2) is 5.82 Å². The number of ether oxygens (including phenoxy) is 1. The Kier molecular flexibility index (Phi) is 8.95. The normalized spacial score (nSPS) is 19.9. The number of benzene rings is 2. The fraction of sp³-hybridized carbons (Fsp3) is 0.484. The summed E-state index contributed by atoms with van der Waals surface area (Å²) < 4.78 is 57.6. The van der Waals surface area contributed by atoms with Crippen LogP contribution in [0.3, 0.4) is 0 Å². The average molecular weight is 664 g/mol. The van der Waals surface area contributed by atoms with Crippen LogP contribution in [0, 0.1) is 6.92 Å². The summed E-state index contributed by atoms with van der Waals surface area (Å²) in [6.07, 6.45) is -1.12. The van der Waals surface area contributed by atoms with E-state index in [1.54, 1.807) is 13.3 Å². The third-order valence-electron chi connectivity index (χ3n) is 8.71. The maximum Gasteiger partial charge on any atom is 0.401 e. The molecule has 0 radical (unpaired) electrons. The molecule has 3 aliphatic rings. The Hall–Kier alpha value is -3.05. The number of anilines is 5. The van der Waals surface area contributed by atoms with Crippen molar-refractivity contribution in [2.24, 2.45) is 0 Å². The molecule has 0 unspecified atom stereocenters. The van der Waals surface area contributed by atoms with Gasteiger partial charge in [-0.1, -0.05) is 23.7 Å². The van der Waals surface area contributed by atoms with Gasteiger partial charge in [-0.25, -0.2) is 4.98 Å². The Labute approximate surface area is 266 Å². The number of aryl methyl sites for hydroxylation is 1. The van der Waals surface area contributed by atoms with Crippen molar-refractivity contribution in [3.63, 3.8) is 0 Å². The minimum absolute atomic E-state index is 0.176. The van der Waals surface area contributed by atoms with Gasteiger partial charge in [0.2, 0.25) is 5.95 Å². The van der Waals surface area contributed by atoms with E-state index in [0.717, 1.165) is 55.2 Å². The second-order valence-corrected chi connectivity index (χ2v) is 16.0. The maximum atomic E-state index is 12.8. The molecule has 0 spiro atoms. The van der Waals surface area contributed by atoms with Crippen molar-refractivity contribution < 1.29 is 22.5 Å². The summed E-state index contributed by atoms with van der Waals surface area (Å²) in [6.45, 7) is 8.68. The Morgan fingerprint density at radius 1 is 1.07 bits per heavy atom. The number of nitrogens with one attached hydrogen (secondary N) is 2. The molecule has 1 aromatic heterocycles. The number of nitrogens with zero attached hydrogens (tertiary/aromatic N) is 5. The minimum atomic E-state index is -4.15. The minimum Gasteiger partial charge on any atom is -0.489 e. The Morgan fingerprint density at radius 2 is 1.82 bits per heavy atom. The Morgan fingerprint density at radius 3 is 2.56 bits per heavy atom. The summed E-state index contributed by atoms with van der Waals surface area (Å²) in [5.41, 5.74) is 3.57. The molecule has 0 bridgehead atoms. The van der Waals surface area contributed by atoms with Crippen molar-refractivity contribution in [3.8, 4) is 5.75 Å². The first-order valence-corrected chi connectivity index (χ1v) is 18.1. The third kappa shape index (κ3) is 7.35. The number of para-hydroxylation sites is 1. The van der Waals surface area contributed by atoms with E-state index in [1.165, 1.54) is 11.1 Å². The summed E-state index contributed by atoms with van der Waals surface area (Å²) >= 11 is 6.43. The number of hydrogen-bond donors (Lipinski definition) is 2.